The maximum Gasteiger partial charge on any atom is 0.357 e. The van der Waals surface area contributed by atoms with Gasteiger partial charge in [-0.3, -0.25) is 0 Å². The number of ether oxygens (including phenoxy) is 3. The molecule has 1 fully saturated rings. The van der Waals surface area contributed by atoms with Gasteiger partial charge < -0.3 is 14.2 Å². The Morgan fingerprint density at radius 3 is 2.40 bits per heavy atom. The maximum absolute atomic E-state index is 11.4. The van der Waals surface area contributed by atoms with Crippen LogP contribution >= 0.6 is 11.6 Å². The van der Waals surface area contributed by atoms with Gasteiger partial charge in [0.25, 0.3) is 5.06 Å². The Bertz CT molecular complexity index is 279. The molecule has 15 heavy (non-hydrogen) atoms. The first-order valence-corrected chi connectivity index (χ1v) is 5.11. The van der Waals surface area contributed by atoms with Crippen molar-refractivity contribution in [3.05, 3.63) is 0 Å². The average molecular weight is 237 g/mol. The highest BCUT2D eigenvalue weighted by molar-refractivity contribution is 6.35. The fourth-order valence-corrected chi connectivity index (χ4v) is 2.02. The fraction of sp³-hybridized carbons (Fsp3) is 0.900. The van der Waals surface area contributed by atoms with Crippen LogP contribution in [-0.2, 0) is 19.0 Å². The fourth-order valence-electron chi connectivity index (χ4n) is 1.71. The van der Waals surface area contributed by atoms with Crippen molar-refractivity contribution < 1.29 is 19.0 Å². The largest absolute Gasteiger partial charge is 0.466 e. The van der Waals surface area contributed by atoms with E-state index in [0.29, 0.717) is 6.42 Å². The molecule has 2 atom stereocenters. The van der Waals surface area contributed by atoms with Crippen molar-refractivity contribution in [2.75, 3.05) is 14.2 Å². The number of carbonyl (C=O) groups is 1. The summed E-state index contributed by atoms with van der Waals surface area (Å²) in [5.41, 5.74) is -1.11. The first kappa shape index (κ1) is 12.7. The summed E-state index contributed by atoms with van der Waals surface area (Å²) in [5.74, 6) is -0.557. The molecule has 1 aliphatic rings. The lowest BCUT2D eigenvalue weighted by atomic mass is 9.91. The first-order chi connectivity index (χ1) is 6.71. The van der Waals surface area contributed by atoms with Gasteiger partial charge in [-0.1, -0.05) is 11.6 Å². The van der Waals surface area contributed by atoms with Crippen LogP contribution in [0.3, 0.4) is 0 Å². The van der Waals surface area contributed by atoms with Crippen LogP contribution in [0.1, 0.15) is 27.2 Å². The summed E-state index contributed by atoms with van der Waals surface area (Å²) < 4.78 is 15.1. The smallest absolute Gasteiger partial charge is 0.357 e. The van der Waals surface area contributed by atoms with Gasteiger partial charge in [0, 0.05) is 13.5 Å². The molecule has 0 aromatic carbocycles. The van der Waals surface area contributed by atoms with E-state index >= 15 is 0 Å². The summed E-state index contributed by atoms with van der Waals surface area (Å²) in [6.07, 6.45) is 0.523. The predicted molar refractivity (Wildman–Crippen MR) is 55.8 cm³/mol. The zero-order chi connectivity index (χ0) is 11.9. The molecular formula is C10H17ClO4. The van der Waals surface area contributed by atoms with Crippen LogP contribution in [0.2, 0.25) is 0 Å². The van der Waals surface area contributed by atoms with Gasteiger partial charge in [-0.05, 0) is 20.8 Å². The Kier molecular flexibility index (Phi) is 3.07. The normalized spacial score (nSPS) is 35.1. The number of rotatable bonds is 4. The monoisotopic (exact) mass is 236 g/mol. The van der Waals surface area contributed by atoms with Gasteiger partial charge in [0.1, 0.15) is 5.60 Å². The molecule has 0 saturated carbocycles. The van der Waals surface area contributed by atoms with Gasteiger partial charge in [-0.15, -0.1) is 0 Å². The minimum absolute atomic E-state index is 0.389. The zero-order valence-electron chi connectivity index (χ0n) is 9.72. The molecule has 0 aliphatic carbocycles. The number of halogens is 1. The Hall–Kier alpha value is -0.320. The summed E-state index contributed by atoms with van der Waals surface area (Å²) in [6, 6.07) is 0. The second kappa shape index (κ2) is 3.61. The van der Waals surface area contributed by atoms with E-state index in [1.165, 1.54) is 7.11 Å². The summed E-state index contributed by atoms with van der Waals surface area (Å²) in [6.45, 7) is 5.60. The van der Waals surface area contributed by atoms with Crippen LogP contribution in [0.25, 0.3) is 0 Å². The number of hydrogen-bond acceptors (Lipinski definition) is 4. The van der Waals surface area contributed by atoms with E-state index in [-0.39, 0.29) is 5.60 Å². The molecule has 0 radical (unpaired) electrons. The van der Waals surface area contributed by atoms with Gasteiger partial charge in [0.05, 0.1) is 12.7 Å². The lowest BCUT2D eigenvalue weighted by molar-refractivity contribution is -0.143. The third-order valence-corrected chi connectivity index (χ3v) is 3.40. The van der Waals surface area contributed by atoms with Crippen LogP contribution in [-0.4, -0.2) is 36.5 Å². The zero-order valence-corrected chi connectivity index (χ0v) is 10.5. The Morgan fingerprint density at radius 1 is 1.47 bits per heavy atom. The molecule has 88 valence electrons. The number of methoxy groups -OCH3 is 2. The van der Waals surface area contributed by atoms with Crippen LogP contribution in [0.5, 0.6) is 0 Å². The van der Waals surface area contributed by atoms with Crippen molar-refractivity contribution in [3.63, 3.8) is 0 Å². The van der Waals surface area contributed by atoms with E-state index < -0.39 is 16.6 Å². The van der Waals surface area contributed by atoms with Crippen molar-refractivity contribution in [1.82, 2.24) is 0 Å². The van der Waals surface area contributed by atoms with E-state index in [1.54, 1.807) is 14.0 Å². The molecule has 4 nitrogen and oxygen atoms in total. The molecule has 0 N–H and O–H groups in total. The first-order valence-electron chi connectivity index (χ1n) is 4.73. The van der Waals surface area contributed by atoms with Crippen LogP contribution in [0.15, 0.2) is 0 Å². The topological polar surface area (TPSA) is 48.1 Å². The average Bonchev–Trinajstić information content (AvgIpc) is 2.67. The molecule has 0 aromatic rings. The van der Waals surface area contributed by atoms with Crippen molar-refractivity contribution in [2.24, 2.45) is 0 Å². The molecule has 1 heterocycles. The molecular weight excluding hydrogens is 220 g/mol. The molecule has 0 aromatic heterocycles. The maximum atomic E-state index is 11.4. The lowest BCUT2D eigenvalue weighted by Gasteiger charge is -2.25. The number of alkyl halides is 1. The standard InChI is InChI=1S/C10H17ClO4/c1-8(2,14-5)6-9(3)10(11,15-9)7(12)13-4/h6H2,1-5H3. The van der Waals surface area contributed by atoms with E-state index in [1.807, 2.05) is 13.8 Å². The van der Waals surface area contributed by atoms with Crippen LogP contribution < -0.4 is 0 Å². The van der Waals surface area contributed by atoms with E-state index in [0.717, 1.165) is 0 Å². The minimum Gasteiger partial charge on any atom is -0.466 e. The van der Waals surface area contributed by atoms with Crippen molar-refractivity contribution in [2.45, 2.75) is 43.5 Å². The number of hydrogen-bond donors (Lipinski definition) is 0. The number of carbonyl (C=O) groups excluding carboxylic acids is 1. The van der Waals surface area contributed by atoms with Gasteiger partial charge in [-0.25, -0.2) is 4.79 Å². The van der Waals surface area contributed by atoms with Gasteiger partial charge in [-0.2, -0.15) is 0 Å². The molecule has 1 saturated heterocycles. The highest BCUT2D eigenvalue weighted by atomic mass is 35.5. The lowest BCUT2D eigenvalue weighted by Crippen LogP contribution is -2.35. The van der Waals surface area contributed by atoms with E-state index in [2.05, 4.69) is 4.74 Å². The number of esters is 1. The summed E-state index contributed by atoms with van der Waals surface area (Å²) in [7, 11) is 2.90. The quantitative estimate of drug-likeness (QED) is 0.424. The molecule has 0 amide bonds. The molecule has 1 aliphatic heterocycles. The second-order valence-corrected chi connectivity index (χ2v) is 5.09. The third kappa shape index (κ3) is 2.12. The summed E-state index contributed by atoms with van der Waals surface area (Å²) in [5, 5.41) is -1.35. The van der Waals surface area contributed by atoms with Gasteiger partial charge in [0.15, 0.2) is 0 Å². The predicted octanol–water partition coefficient (Wildman–Crippen LogP) is 1.70. The third-order valence-electron chi connectivity index (χ3n) is 2.77. The van der Waals surface area contributed by atoms with E-state index in [4.69, 9.17) is 21.1 Å². The van der Waals surface area contributed by atoms with Crippen LogP contribution in [0.4, 0.5) is 0 Å². The Morgan fingerprint density at radius 2 is 2.00 bits per heavy atom. The number of epoxide rings is 1. The SMILES string of the molecule is COC(=O)C1(Cl)OC1(C)CC(C)(C)OC. The molecule has 0 bridgehead atoms. The van der Waals surface area contributed by atoms with E-state index in [9.17, 15) is 4.79 Å². The molecule has 5 heteroatoms. The Balaban J connectivity index is 2.71. The Labute approximate surface area is 94.8 Å². The summed E-state index contributed by atoms with van der Waals surface area (Å²) >= 11 is 6.01. The van der Waals surface area contributed by atoms with Crippen molar-refractivity contribution in [3.8, 4) is 0 Å². The minimum atomic E-state index is -1.35. The molecule has 2 unspecified atom stereocenters. The highest BCUT2D eigenvalue weighted by Crippen LogP contribution is 2.56. The van der Waals surface area contributed by atoms with Gasteiger partial charge >= 0.3 is 5.97 Å². The summed E-state index contributed by atoms with van der Waals surface area (Å²) in [4.78, 5) is 11.4. The van der Waals surface area contributed by atoms with Crippen molar-refractivity contribution >= 4 is 17.6 Å². The van der Waals surface area contributed by atoms with Gasteiger partial charge in [0.2, 0.25) is 0 Å². The second-order valence-electron chi connectivity index (χ2n) is 4.56. The molecule has 0 spiro atoms. The van der Waals surface area contributed by atoms with Crippen LogP contribution in [0, 0.1) is 0 Å². The van der Waals surface area contributed by atoms with Crippen molar-refractivity contribution in [1.29, 1.82) is 0 Å². The highest BCUT2D eigenvalue weighted by Gasteiger charge is 2.73. The molecule has 1 rings (SSSR count).